The van der Waals surface area contributed by atoms with Crippen molar-refractivity contribution < 1.29 is 28.7 Å². The number of ether oxygens (including phenoxy) is 2. The molecule has 8 atom stereocenters. The predicted molar refractivity (Wildman–Crippen MR) is 280 cm³/mol. The van der Waals surface area contributed by atoms with Crippen LogP contribution in [0.3, 0.4) is 0 Å². The average molecular weight is 996 g/mol. The Morgan fingerprint density at radius 3 is 1.19 bits per heavy atom. The van der Waals surface area contributed by atoms with E-state index in [0.29, 0.717) is 45.5 Å². The highest BCUT2D eigenvalue weighted by Crippen LogP contribution is 2.67. The molecule has 7 aliphatic rings. The normalized spacial score (nSPS) is 29.9. The third-order valence-electron chi connectivity index (χ3n) is 17.1. The molecule has 0 N–H and O–H groups in total. The van der Waals surface area contributed by atoms with Gasteiger partial charge in [-0.05, 0) is 105 Å². The fourth-order valence-electron chi connectivity index (χ4n) is 13.8. The second-order valence-electron chi connectivity index (χ2n) is 23.0. The molecular weight excluding hydrogens is 940 g/mol. The molecule has 2 spiro atoms. The van der Waals surface area contributed by atoms with Crippen LogP contribution in [0.2, 0.25) is 10.0 Å². The number of carbonyl (C=O) groups excluding carboxylic acids is 2. The molecule has 2 aliphatic carbocycles. The van der Waals surface area contributed by atoms with E-state index in [-0.39, 0.29) is 24.4 Å². The smallest absolute Gasteiger partial charge is 0.203 e. The van der Waals surface area contributed by atoms with Crippen LogP contribution < -0.4 is 19.6 Å². The first-order valence-electron chi connectivity index (χ1n) is 25.2. The number of carbonyl (C=O) groups is 2. The maximum atomic E-state index is 16.4. The Morgan fingerprint density at radius 2 is 0.833 bits per heavy atom. The molecule has 0 saturated carbocycles. The number of nitrogens with zero attached hydrogens (tertiary/aromatic N) is 2. The zero-order chi connectivity index (χ0) is 49.7. The number of para-hydroxylation sites is 4. The molecule has 10 heteroatoms. The maximum Gasteiger partial charge on any atom is 0.203 e. The van der Waals surface area contributed by atoms with Crippen molar-refractivity contribution >= 4 is 46.1 Å². The van der Waals surface area contributed by atoms with Crippen LogP contribution >= 0.6 is 23.2 Å². The monoisotopic (exact) mass is 994 g/mol. The van der Waals surface area contributed by atoms with Gasteiger partial charge in [-0.2, -0.15) is 0 Å². The van der Waals surface area contributed by atoms with Crippen LogP contribution in [0.25, 0.3) is 0 Å². The molecule has 72 heavy (non-hydrogen) atoms. The highest BCUT2D eigenvalue weighted by molar-refractivity contribution is 6.30. The second-order valence-corrected chi connectivity index (χ2v) is 23.9. The van der Waals surface area contributed by atoms with Gasteiger partial charge in [0.05, 0.1) is 35.3 Å². The van der Waals surface area contributed by atoms with Gasteiger partial charge in [-0.1, -0.05) is 162 Å². The van der Waals surface area contributed by atoms with Gasteiger partial charge >= 0.3 is 0 Å². The molecule has 2 saturated heterocycles. The molecule has 6 aromatic rings. The van der Waals surface area contributed by atoms with E-state index in [0.717, 1.165) is 44.8 Å². The number of rotatable bonds is 4. The van der Waals surface area contributed by atoms with E-state index >= 15 is 9.59 Å². The lowest BCUT2D eigenvalue weighted by Crippen LogP contribution is -2.65. The topological polar surface area (TPSA) is 77.5 Å². The van der Waals surface area contributed by atoms with Crippen LogP contribution in [0.15, 0.2) is 169 Å². The summed E-state index contributed by atoms with van der Waals surface area (Å²) in [6, 6.07) is 47.4. The Balaban J connectivity index is 1.07. The van der Waals surface area contributed by atoms with E-state index < -0.39 is 57.2 Å². The molecule has 0 radical (unpaired) electrons. The summed E-state index contributed by atoms with van der Waals surface area (Å²) in [4.78, 5) is 48.1. The minimum absolute atomic E-state index is 0.0814. The first kappa shape index (κ1) is 45.7. The van der Waals surface area contributed by atoms with Crippen molar-refractivity contribution in [3.8, 4) is 11.5 Å². The Morgan fingerprint density at radius 1 is 0.472 bits per heavy atom. The summed E-state index contributed by atoms with van der Waals surface area (Å²) in [6.07, 6.45) is 5.29. The molecule has 5 heterocycles. The average Bonchev–Trinajstić information content (AvgIpc) is 4.14. The van der Waals surface area contributed by atoms with Gasteiger partial charge in [0.2, 0.25) is 11.6 Å². The van der Waals surface area contributed by atoms with Crippen molar-refractivity contribution in [2.75, 3.05) is 10.1 Å². The molecule has 6 bridgehead atoms. The van der Waals surface area contributed by atoms with Crippen LogP contribution in [0.4, 0.5) is 11.4 Å². The number of fused-ring (bicyclic) bond motifs is 4. The summed E-state index contributed by atoms with van der Waals surface area (Å²) in [5.41, 5.74) is 2.02. The molecule has 13 rings (SSSR count). The first-order valence-corrected chi connectivity index (χ1v) is 25.9. The summed E-state index contributed by atoms with van der Waals surface area (Å²) >= 11 is 13.2. The number of ketones is 2. The van der Waals surface area contributed by atoms with Crippen molar-refractivity contribution in [2.45, 2.75) is 102 Å². The molecule has 6 aromatic carbocycles. The molecule has 8 unspecified atom stereocenters. The van der Waals surface area contributed by atoms with Crippen LogP contribution in [-0.2, 0) is 44.9 Å². The number of anilines is 2. The van der Waals surface area contributed by atoms with Gasteiger partial charge in [-0.3, -0.25) is 19.3 Å². The van der Waals surface area contributed by atoms with Crippen LogP contribution in [0, 0.1) is 22.7 Å². The maximum absolute atomic E-state index is 16.4. The van der Waals surface area contributed by atoms with E-state index in [1.165, 1.54) is 0 Å². The second kappa shape index (κ2) is 15.7. The van der Waals surface area contributed by atoms with Crippen molar-refractivity contribution in [3.63, 3.8) is 0 Å². The van der Waals surface area contributed by atoms with E-state index in [1.54, 1.807) is 0 Å². The minimum atomic E-state index is -1.43. The molecule has 8 nitrogen and oxygen atoms in total. The highest BCUT2D eigenvalue weighted by Gasteiger charge is 2.75. The summed E-state index contributed by atoms with van der Waals surface area (Å²) in [5.74, 6) is -0.0464. The zero-order valence-corrected chi connectivity index (χ0v) is 42.8. The Labute approximate surface area is 431 Å². The van der Waals surface area contributed by atoms with Crippen LogP contribution in [0.1, 0.15) is 87.0 Å². The summed E-state index contributed by atoms with van der Waals surface area (Å²) in [6.45, 7) is 13.2. The van der Waals surface area contributed by atoms with E-state index in [2.05, 4.69) is 90.1 Å². The van der Waals surface area contributed by atoms with Gasteiger partial charge < -0.3 is 9.47 Å². The van der Waals surface area contributed by atoms with Gasteiger partial charge in [0, 0.05) is 46.9 Å². The Kier molecular flexibility index (Phi) is 9.95. The zero-order valence-electron chi connectivity index (χ0n) is 41.2. The minimum Gasteiger partial charge on any atom is -0.478 e. The number of hydroxylamine groups is 2. The lowest BCUT2D eigenvalue weighted by atomic mass is 9.55. The van der Waals surface area contributed by atoms with E-state index in [9.17, 15) is 0 Å². The fourth-order valence-corrected chi connectivity index (χ4v) is 14.0. The van der Waals surface area contributed by atoms with Gasteiger partial charge in [0.15, 0.2) is 11.2 Å². The molecule has 0 amide bonds. The lowest BCUT2D eigenvalue weighted by molar-refractivity contribution is -0.155. The molecular formula is C62H56Cl2N2O6. The highest BCUT2D eigenvalue weighted by atomic mass is 35.5. The van der Waals surface area contributed by atoms with Gasteiger partial charge in [-0.25, -0.2) is 10.1 Å². The fraction of sp³-hybridized carbons (Fsp3) is 0.323. The van der Waals surface area contributed by atoms with Crippen molar-refractivity contribution in [2.24, 2.45) is 22.7 Å². The van der Waals surface area contributed by atoms with Gasteiger partial charge in [0.25, 0.3) is 0 Å². The summed E-state index contributed by atoms with van der Waals surface area (Å²) < 4.78 is 15.4. The van der Waals surface area contributed by atoms with Crippen molar-refractivity contribution in [3.05, 3.63) is 212 Å². The number of hydrogen-bond donors (Lipinski definition) is 0. The Hall–Kier alpha value is -6.16. The summed E-state index contributed by atoms with van der Waals surface area (Å²) in [7, 11) is 0. The third kappa shape index (κ3) is 6.31. The van der Waals surface area contributed by atoms with Crippen molar-refractivity contribution in [1.82, 2.24) is 0 Å². The van der Waals surface area contributed by atoms with Crippen LogP contribution in [-0.4, -0.2) is 34.0 Å². The molecule has 364 valence electrons. The standard InChI is InChI=1S/C62H56Cl2N2O6/c1-57(2,3)61-35-43-31-39-15-13-18-42-34-60(70-52(39)42)54-50(38-25-29-46(64)30-26-38)66(48-21-11-8-12-22-48)72-62(54,58(4,5)6)36-44(56(60)68)32-40-16-14-17-41-33-59(55(43)67,69-51(40)41)53(61)49(37-23-27-45(63)28-24-37)65(71-61)47-19-9-7-10-20-47/h7-30,35-36,49-50,53-54H,31-34H2,1-6H3. The largest absolute Gasteiger partial charge is 0.478 e. The van der Waals surface area contributed by atoms with Crippen LogP contribution in [0.5, 0.6) is 11.5 Å². The first-order chi connectivity index (χ1) is 34.5. The number of halogens is 2. The van der Waals surface area contributed by atoms with E-state index in [4.69, 9.17) is 42.4 Å². The number of benzene rings is 6. The van der Waals surface area contributed by atoms with E-state index in [1.807, 2.05) is 119 Å². The Bertz CT molecular complexity index is 3070. The summed E-state index contributed by atoms with van der Waals surface area (Å²) in [5, 5.41) is 5.24. The van der Waals surface area contributed by atoms with Crippen molar-refractivity contribution in [1.29, 1.82) is 0 Å². The SMILES string of the molecule is CC(C)(C)C12C=C3Cc4cccc5c4OC4(C5)C(=O)C(=CC5(C(C)(C)C)ON(c6ccccc6)C(c6ccc(Cl)cc6)C45)Cc4cccc5c4OC(C5)(C3=O)C1C(c1ccc(Cl)cc1)N(c1ccccc1)O2. The molecule has 2 fully saturated rings. The van der Waals surface area contributed by atoms with Gasteiger partial charge in [-0.15, -0.1) is 0 Å². The third-order valence-corrected chi connectivity index (χ3v) is 17.6. The molecule has 0 aromatic heterocycles. The molecule has 5 aliphatic heterocycles. The number of Topliss-reactive ketones (excluding diaryl/α,β-unsaturated/α-hetero) is 2. The quantitative estimate of drug-likeness (QED) is 0.173. The predicted octanol–water partition coefficient (Wildman–Crippen LogP) is 13.3. The van der Waals surface area contributed by atoms with Gasteiger partial charge in [0.1, 0.15) is 22.7 Å². The lowest BCUT2D eigenvalue weighted by Gasteiger charge is -2.51. The number of hydrogen-bond acceptors (Lipinski definition) is 8.